The van der Waals surface area contributed by atoms with Crippen LogP contribution in [0, 0.1) is 5.92 Å². The Labute approximate surface area is 101 Å². The average Bonchev–Trinajstić information content (AvgIpc) is 2.57. The van der Waals surface area contributed by atoms with Crippen molar-refractivity contribution < 1.29 is 0 Å². The topological polar surface area (TPSA) is 50.9 Å². The van der Waals surface area contributed by atoms with Gasteiger partial charge in [-0.1, -0.05) is 23.8 Å². The summed E-state index contributed by atoms with van der Waals surface area (Å²) in [5, 5.41) is 3.41. The van der Waals surface area contributed by atoms with Crippen molar-refractivity contribution in [2.45, 2.75) is 12.8 Å². The van der Waals surface area contributed by atoms with E-state index in [9.17, 15) is 0 Å². The van der Waals surface area contributed by atoms with Crippen molar-refractivity contribution in [3.63, 3.8) is 0 Å². The second-order valence-electron chi connectivity index (χ2n) is 4.66. The molecule has 1 aromatic heterocycles. The third-order valence-electron chi connectivity index (χ3n) is 3.65. The number of anilines is 1. The van der Waals surface area contributed by atoms with Gasteiger partial charge in [-0.3, -0.25) is 0 Å². The zero-order chi connectivity index (χ0) is 11.7. The van der Waals surface area contributed by atoms with Crippen LogP contribution in [-0.2, 0) is 6.42 Å². The molecule has 17 heavy (non-hydrogen) atoms. The van der Waals surface area contributed by atoms with Gasteiger partial charge in [-0.15, -0.1) is 0 Å². The molecule has 1 unspecified atom stereocenters. The van der Waals surface area contributed by atoms with E-state index >= 15 is 0 Å². The van der Waals surface area contributed by atoms with Gasteiger partial charge in [0.15, 0.2) is 0 Å². The van der Waals surface area contributed by atoms with Gasteiger partial charge < -0.3 is 11.1 Å². The number of rotatable bonds is 1. The van der Waals surface area contributed by atoms with E-state index in [1.54, 1.807) is 0 Å². The zero-order valence-corrected chi connectivity index (χ0v) is 9.82. The Bertz CT molecular complexity index is 488. The molecule has 0 radical (unpaired) electrons. The van der Waals surface area contributed by atoms with Gasteiger partial charge in [0.2, 0.25) is 0 Å². The van der Waals surface area contributed by atoms with E-state index in [0.29, 0.717) is 5.92 Å². The van der Waals surface area contributed by atoms with Crippen molar-refractivity contribution in [2.24, 2.45) is 11.7 Å². The van der Waals surface area contributed by atoms with Crippen LogP contribution >= 0.6 is 0 Å². The highest BCUT2D eigenvalue weighted by Crippen LogP contribution is 2.31. The second-order valence-corrected chi connectivity index (χ2v) is 4.66. The summed E-state index contributed by atoms with van der Waals surface area (Å²) in [6.45, 7) is 1.60. The standard InChI is InChI=1S/C14H17N3/c15-8-11-3-1-4-12-9-17-14-10(7-13(11)12)5-2-6-16-14/h1-2,4-6,11H,3,7-9,15H2,(H,16,17). The van der Waals surface area contributed by atoms with Crippen LogP contribution in [0.3, 0.4) is 0 Å². The van der Waals surface area contributed by atoms with Gasteiger partial charge in [-0.2, -0.15) is 0 Å². The van der Waals surface area contributed by atoms with E-state index in [1.165, 1.54) is 16.7 Å². The number of allylic oxidation sites excluding steroid dienone is 1. The third-order valence-corrected chi connectivity index (χ3v) is 3.65. The summed E-state index contributed by atoms with van der Waals surface area (Å²) in [5.74, 6) is 1.52. The molecule has 0 aromatic carbocycles. The van der Waals surface area contributed by atoms with Crippen molar-refractivity contribution in [1.82, 2.24) is 4.98 Å². The van der Waals surface area contributed by atoms with Gasteiger partial charge in [0.05, 0.1) is 0 Å². The minimum Gasteiger partial charge on any atom is -0.366 e. The number of nitrogens with one attached hydrogen (secondary N) is 1. The molecule has 0 saturated carbocycles. The van der Waals surface area contributed by atoms with Crippen molar-refractivity contribution >= 4 is 5.82 Å². The first-order valence-electron chi connectivity index (χ1n) is 6.15. The smallest absolute Gasteiger partial charge is 0.129 e. The molecule has 3 heteroatoms. The summed E-state index contributed by atoms with van der Waals surface area (Å²) in [5.41, 5.74) is 10.0. The Balaban J connectivity index is 2.00. The number of nitrogens with zero attached hydrogens (tertiary/aromatic N) is 1. The maximum absolute atomic E-state index is 5.88. The normalized spacial score (nSPS) is 22.5. The van der Waals surface area contributed by atoms with E-state index in [4.69, 9.17) is 5.73 Å². The minimum atomic E-state index is 0.503. The van der Waals surface area contributed by atoms with Crippen LogP contribution in [0.2, 0.25) is 0 Å². The monoisotopic (exact) mass is 227 g/mol. The first-order valence-corrected chi connectivity index (χ1v) is 6.15. The quantitative estimate of drug-likeness (QED) is 0.770. The highest BCUT2D eigenvalue weighted by atomic mass is 15.0. The van der Waals surface area contributed by atoms with Crippen LogP contribution in [0.5, 0.6) is 0 Å². The van der Waals surface area contributed by atoms with Gasteiger partial charge in [0.25, 0.3) is 0 Å². The molecule has 0 saturated heterocycles. The molecule has 1 aromatic rings. The summed E-state index contributed by atoms with van der Waals surface area (Å²) in [4.78, 5) is 4.39. The van der Waals surface area contributed by atoms with Crippen molar-refractivity contribution in [3.05, 3.63) is 47.2 Å². The molecular weight excluding hydrogens is 210 g/mol. The number of hydrogen-bond donors (Lipinski definition) is 2. The lowest BCUT2D eigenvalue weighted by molar-refractivity contribution is 0.606. The Morgan fingerprint density at radius 2 is 2.41 bits per heavy atom. The fraction of sp³-hybridized carbons (Fsp3) is 0.357. The van der Waals surface area contributed by atoms with E-state index in [0.717, 1.165) is 31.7 Å². The SMILES string of the molecule is NCC1CC=CC2=C1Cc1cccnc1NC2. The molecule has 1 aliphatic carbocycles. The molecule has 1 aliphatic heterocycles. The highest BCUT2D eigenvalue weighted by molar-refractivity contribution is 5.52. The average molecular weight is 227 g/mol. The molecule has 88 valence electrons. The van der Waals surface area contributed by atoms with Crippen LogP contribution in [0.15, 0.2) is 41.6 Å². The molecule has 3 nitrogen and oxygen atoms in total. The highest BCUT2D eigenvalue weighted by Gasteiger charge is 2.22. The molecule has 2 heterocycles. The van der Waals surface area contributed by atoms with Crippen LogP contribution in [0.1, 0.15) is 12.0 Å². The second kappa shape index (κ2) is 4.34. The Kier molecular flexibility index (Phi) is 2.69. The molecule has 3 rings (SSSR count). The summed E-state index contributed by atoms with van der Waals surface area (Å²) >= 11 is 0. The number of nitrogens with two attached hydrogens (primary N) is 1. The molecule has 1 atom stereocenters. The maximum atomic E-state index is 5.88. The molecule has 0 bridgehead atoms. The van der Waals surface area contributed by atoms with Crippen LogP contribution in [0.25, 0.3) is 0 Å². The van der Waals surface area contributed by atoms with Crippen molar-refractivity contribution in [3.8, 4) is 0 Å². The van der Waals surface area contributed by atoms with E-state index in [2.05, 4.69) is 28.5 Å². The van der Waals surface area contributed by atoms with Gasteiger partial charge in [-0.25, -0.2) is 4.98 Å². The molecule has 0 spiro atoms. The van der Waals surface area contributed by atoms with Crippen molar-refractivity contribution in [2.75, 3.05) is 18.4 Å². The fourth-order valence-corrected chi connectivity index (χ4v) is 2.68. The van der Waals surface area contributed by atoms with Gasteiger partial charge in [0.1, 0.15) is 5.82 Å². The molecule has 2 aliphatic rings. The summed E-state index contributed by atoms with van der Waals surface area (Å²) in [6.07, 6.45) is 8.37. The van der Waals surface area contributed by atoms with E-state index in [-0.39, 0.29) is 0 Å². The Hall–Kier alpha value is -1.61. The Morgan fingerprint density at radius 3 is 3.29 bits per heavy atom. The predicted octanol–water partition coefficient (Wildman–Crippen LogP) is 1.88. The predicted molar refractivity (Wildman–Crippen MR) is 69.8 cm³/mol. The summed E-state index contributed by atoms with van der Waals surface area (Å²) < 4.78 is 0. The summed E-state index contributed by atoms with van der Waals surface area (Å²) in [6, 6.07) is 4.15. The first-order chi connectivity index (χ1) is 8.38. The largest absolute Gasteiger partial charge is 0.366 e. The molecule has 0 fully saturated rings. The maximum Gasteiger partial charge on any atom is 0.129 e. The third kappa shape index (κ3) is 1.87. The van der Waals surface area contributed by atoms with Gasteiger partial charge >= 0.3 is 0 Å². The number of hydrogen-bond acceptors (Lipinski definition) is 3. The first kappa shape index (κ1) is 10.5. The molecular formula is C14H17N3. The Morgan fingerprint density at radius 1 is 1.47 bits per heavy atom. The van der Waals surface area contributed by atoms with E-state index in [1.807, 2.05) is 12.3 Å². The lowest BCUT2D eigenvalue weighted by atomic mass is 9.84. The van der Waals surface area contributed by atoms with Crippen LogP contribution < -0.4 is 11.1 Å². The van der Waals surface area contributed by atoms with Crippen LogP contribution in [0.4, 0.5) is 5.82 Å². The lowest BCUT2D eigenvalue weighted by Crippen LogP contribution is -2.21. The minimum absolute atomic E-state index is 0.503. The number of fused-ring (bicyclic) bond motifs is 1. The zero-order valence-electron chi connectivity index (χ0n) is 9.82. The van der Waals surface area contributed by atoms with Crippen molar-refractivity contribution in [1.29, 1.82) is 0 Å². The van der Waals surface area contributed by atoms with E-state index < -0.39 is 0 Å². The van der Waals surface area contributed by atoms with Gasteiger partial charge in [0, 0.05) is 12.7 Å². The molecule has 0 amide bonds. The number of pyridine rings is 1. The molecule has 3 N–H and O–H groups in total. The van der Waals surface area contributed by atoms with Gasteiger partial charge in [-0.05, 0) is 42.5 Å². The lowest BCUT2D eigenvalue weighted by Gasteiger charge is -2.22. The van der Waals surface area contributed by atoms with Crippen LogP contribution in [-0.4, -0.2) is 18.1 Å². The number of aromatic nitrogens is 1. The summed E-state index contributed by atoms with van der Waals surface area (Å²) in [7, 11) is 0. The fourth-order valence-electron chi connectivity index (χ4n) is 2.68.